The average molecular weight is 221 g/mol. The molecule has 0 N–H and O–H groups in total. The van der Waals surface area contributed by atoms with E-state index in [2.05, 4.69) is 10.2 Å². The molecule has 1 aliphatic rings. The van der Waals surface area contributed by atoms with Crippen LogP contribution in [0.25, 0.3) is 0 Å². The molecule has 1 saturated heterocycles. The topological polar surface area (TPSA) is 52.9 Å². The van der Waals surface area contributed by atoms with Crippen molar-refractivity contribution in [3.63, 3.8) is 0 Å². The minimum absolute atomic E-state index is 0.458. The Hall–Kier alpha value is 0.0700. The van der Waals surface area contributed by atoms with Crippen molar-refractivity contribution in [1.29, 1.82) is 0 Å². The maximum atomic E-state index is 11.7. The van der Waals surface area contributed by atoms with Crippen molar-refractivity contribution in [1.82, 2.24) is 10.2 Å². The van der Waals surface area contributed by atoms with E-state index in [1.165, 1.54) is 14.2 Å². The van der Waals surface area contributed by atoms with E-state index in [9.17, 15) is 4.57 Å². The first-order valence-corrected chi connectivity index (χ1v) is 6.49. The molecule has 5 nitrogen and oxygen atoms in total. The van der Waals surface area contributed by atoms with Crippen molar-refractivity contribution in [3.8, 4) is 0 Å². The van der Waals surface area contributed by atoms with Gasteiger partial charge in [-0.3, -0.25) is 4.57 Å². The zero-order valence-electron chi connectivity index (χ0n) is 8.81. The molecule has 0 atom stereocenters. The largest absolute Gasteiger partial charge is 0.331 e. The van der Waals surface area contributed by atoms with Crippen LogP contribution in [0.1, 0.15) is 0 Å². The number of hydrogen-bond acceptors (Lipinski definition) is 4. The van der Waals surface area contributed by atoms with Crippen LogP contribution in [0.15, 0.2) is 0 Å². The monoisotopic (exact) mass is 221 g/mol. The fourth-order valence-electron chi connectivity index (χ4n) is 1.39. The molecule has 0 aromatic heterocycles. The van der Waals surface area contributed by atoms with Gasteiger partial charge >= 0.3 is 7.60 Å². The summed E-state index contributed by atoms with van der Waals surface area (Å²) in [4.78, 5) is 2.23. The maximum Gasteiger partial charge on any atom is 0.331 e. The molecule has 0 saturated carbocycles. The van der Waals surface area contributed by atoms with Gasteiger partial charge in [-0.25, -0.2) is 5.32 Å². The first kappa shape index (κ1) is 12.1. The molecule has 0 aromatic rings. The second-order valence-corrected chi connectivity index (χ2v) is 5.61. The van der Waals surface area contributed by atoms with Crippen LogP contribution in [-0.2, 0) is 13.6 Å². The van der Waals surface area contributed by atoms with E-state index in [1.54, 1.807) is 0 Å². The Labute approximate surface area is 85.3 Å². The van der Waals surface area contributed by atoms with Crippen molar-refractivity contribution in [3.05, 3.63) is 0 Å². The molecular formula is C8H18N2O3P. The average Bonchev–Trinajstić information content (AvgIpc) is 2.27. The Morgan fingerprint density at radius 1 is 1.29 bits per heavy atom. The van der Waals surface area contributed by atoms with Gasteiger partial charge in [0.15, 0.2) is 0 Å². The van der Waals surface area contributed by atoms with E-state index in [0.29, 0.717) is 6.16 Å². The lowest BCUT2D eigenvalue weighted by Crippen LogP contribution is -2.41. The molecule has 14 heavy (non-hydrogen) atoms. The molecule has 1 radical (unpaired) electrons. The standard InChI is InChI=1S/C8H18N2O3P/c1-12-14(11,13-2)8-7-10-5-3-9-4-6-10/h3-8H2,1-2H3. The lowest BCUT2D eigenvalue weighted by atomic mass is 10.4. The fraction of sp³-hybridized carbons (Fsp3) is 1.00. The Bertz CT molecular complexity index is 199. The minimum Gasteiger partial charge on any atom is -0.312 e. The number of nitrogens with zero attached hydrogens (tertiary/aromatic N) is 2. The lowest BCUT2D eigenvalue weighted by molar-refractivity contribution is 0.234. The van der Waals surface area contributed by atoms with Crippen LogP contribution >= 0.6 is 7.60 Å². The van der Waals surface area contributed by atoms with Gasteiger partial charge in [-0.1, -0.05) is 0 Å². The third-order valence-electron chi connectivity index (χ3n) is 2.40. The van der Waals surface area contributed by atoms with E-state index in [4.69, 9.17) is 9.05 Å². The Kier molecular flexibility index (Phi) is 5.06. The third-order valence-corrected chi connectivity index (χ3v) is 4.26. The quantitative estimate of drug-likeness (QED) is 0.630. The van der Waals surface area contributed by atoms with Gasteiger partial charge in [-0.05, 0) is 0 Å². The molecular weight excluding hydrogens is 203 g/mol. The van der Waals surface area contributed by atoms with Crippen LogP contribution in [0.3, 0.4) is 0 Å². The second-order valence-electron chi connectivity index (χ2n) is 3.21. The van der Waals surface area contributed by atoms with E-state index in [1.807, 2.05) is 0 Å². The van der Waals surface area contributed by atoms with E-state index in [-0.39, 0.29) is 0 Å². The van der Waals surface area contributed by atoms with Gasteiger partial charge in [0.2, 0.25) is 0 Å². The van der Waals surface area contributed by atoms with E-state index in [0.717, 1.165) is 32.7 Å². The normalized spacial score (nSPS) is 19.9. The molecule has 0 bridgehead atoms. The van der Waals surface area contributed by atoms with Crippen LogP contribution in [0.2, 0.25) is 0 Å². The molecule has 0 spiro atoms. The van der Waals surface area contributed by atoms with Crippen molar-refractivity contribution in [2.75, 3.05) is 53.1 Å². The van der Waals surface area contributed by atoms with E-state index >= 15 is 0 Å². The predicted octanol–water partition coefficient (Wildman–Crippen LogP) is 0.392. The van der Waals surface area contributed by atoms with Crippen molar-refractivity contribution in [2.45, 2.75) is 0 Å². The highest BCUT2D eigenvalue weighted by Crippen LogP contribution is 2.45. The fourth-order valence-corrected chi connectivity index (χ4v) is 2.43. The highest BCUT2D eigenvalue weighted by Gasteiger charge is 2.22. The summed E-state index contributed by atoms with van der Waals surface area (Å²) >= 11 is 0. The maximum absolute atomic E-state index is 11.7. The summed E-state index contributed by atoms with van der Waals surface area (Å²) in [6.07, 6.45) is 0.458. The highest BCUT2D eigenvalue weighted by molar-refractivity contribution is 7.53. The zero-order valence-corrected chi connectivity index (χ0v) is 9.70. The summed E-state index contributed by atoms with van der Waals surface area (Å²) in [7, 11) is 0.0328. The number of piperazine rings is 1. The van der Waals surface area contributed by atoms with Gasteiger partial charge < -0.3 is 13.9 Å². The van der Waals surface area contributed by atoms with Crippen LogP contribution in [0.5, 0.6) is 0 Å². The SMILES string of the molecule is COP(=O)(CCN1CC[N]CC1)OC. The van der Waals surface area contributed by atoms with E-state index < -0.39 is 7.60 Å². The Morgan fingerprint density at radius 3 is 2.36 bits per heavy atom. The van der Waals surface area contributed by atoms with Gasteiger partial charge in [0.05, 0.1) is 6.16 Å². The molecule has 0 aliphatic carbocycles. The molecule has 1 heterocycles. The van der Waals surface area contributed by atoms with Gasteiger partial charge in [0, 0.05) is 46.9 Å². The minimum atomic E-state index is -2.82. The van der Waals surface area contributed by atoms with Crippen LogP contribution in [0, 0.1) is 0 Å². The summed E-state index contributed by atoms with van der Waals surface area (Å²) in [5.74, 6) is 0. The van der Waals surface area contributed by atoms with Crippen LogP contribution in [0.4, 0.5) is 0 Å². The number of rotatable bonds is 5. The molecule has 0 aromatic carbocycles. The zero-order chi connectivity index (χ0) is 10.4. The smallest absolute Gasteiger partial charge is 0.312 e. The summed E-state index contributed by atoms with van der Waals surface area (Å²) in [5, 5.41) is 4.24. The predicted molar refractivity (Wildman–Crippen MR) is 54.8 cm³/mol. The van der Waals surface area contributed by atoms with Gasteiger partial charge in [0.1, 0.15) is 0 Å². The van der Waals surface area contributed by atoms with Crippen LogP contribution < -0.4 is 5.32 Å². The Morgan fingerprint density at radius 2 is 1.86 bits per heavy atom. The summed E-state index contributed by atoms with van der Waals surface area (Å²) in [5.41, 5.74) is 0. The number of hydrogen-bond donors (Lipinski definition) is 0. The molecule has 0 amide bonds. The first-order valence-electron chi connectivity index (χ1n) is 4.76. The van der Waals surface area contributed by atoms with Crippen molar-refractivity contribution < 1.29 is 13.6 Å². The molecule has 83 valence electrons. The summed E-state index contributed by atoms with van der Waals surface area (Å²) < 4.78 is 21.4. The molecule has 6 heteroatoms. The van der Waals surface area contributed by atoms with Gasteiger partial charge in [-0.2, -0.15) is 0 Å². The van der Waals surface area contributed by atoms with Crippen molar-refractivity contribution >= 4 is 7.60 Å². The second kappa shape index (κ2) is 5.83. The molecule has 1 aliphatic heterocycles. The summed E-state index contributed by atoms with van der Waals surface area (Å²) in [6.45, 7) is 4.42. The molecule has 0 unspecified atom stereocenters. The van der Waals surface area contributed by atoms with Gasteiger partial charge in [-0.15, -0.1) is 0 Å². The van der Waals surface area contributed by atoms with Crippen LogP contribution in [-0.4, -0.2) is 58.0 Å². The lowest BCUT2D eigenvalue weighted by Gasteiger charge is -2.27. The first-order chi connectivity index (χ1) is 6.70. The third kappa shape index (κ3) is 3.67. The van der Waals surface area contributed by atoms with Gasteiger partial charge in [0.25, 0.3) is 0 Å². The molecule has 1 rings (SSSR count). The highest BCUT2D eigenvalue weighted by atomic mass is 31.2. The molecule has 1 fully saturated rings. The Balaban J connectivity index is 2.27. The summed E-state index contributed by atoms with van der Waals surface area (Å²) in [6, 6.07) is 0. The van der Waals surface area contributed by atoms with Crippen molar-refractivity contribution in [2.24, 2.45) is 0 Å².